The van der Waals surface area contributed by atoms with Crippen LogP contribution in [-0.4, -0.2) is 5.11 Å². The van der Waals surface area contributed by atoms with Crippen molar-refractivity contribution in [2.75, 3.05) is 0 Å². The first-order valence-electron chi connectivity index (χ1n) is 4.60. The minimum absolute atomic E-state index is 0.275. The smallest absolute Gasteiger partial charge is 0.131 e. The molecule has 0 saturated heterocycles. The molecule has 2 heteroatoms. The van der Waals surface area contributed by atoms with Gasteiger partial charge in [-0.05, 0) is 18.9 Å². The molecule has 0 fully saturated rings. The molecule has 72 valence electrons. The number of hydrogen-bond acceptors (Lipinski definition) is 1. The van der Waals surface area contributed by atoms with Crippen molar-refractivity contribution in [3.63, 3.8) is 0 Å². The van der Waals surface area contributed by atoms with E-state index in [1.165, 1.54) is 0 Å². The Labute approximate surface area is 78.2 Å². The lowest BCUT2D eigenvalue weighted by atomic mass is 10.0. The van der Waals surface area contributed by atoms with E-state index >= 15 is 0 Å². The second-order valence-electron chi connectivity index (χ2n) is 3.28. The van der Waals surface area contributed by atoms with Crippen LogP contribution in [0.1, 0.15) is 37.0 Å². The van der Waals surface area contributed by atoms with Crippen LogP contribution in [-0.2, 0) is 0 Å². The molecule has 0 amide bonds. The van der Waals surface area contributed by atoms with Crippen molar-refractivity contribution in [3.05, 3.63) is 35.1 Å². The maximum atomic E-state index is 13.4. The van der Waals surface area contributed by atoms with Crippen molar-refractivity contribution in [1.82, 2.24) is 0 Å². The van der Waals surface area contributed by atoms with E-state index in [0.29, 0.717) is 17.5 Å². The lowest BCUT2D eigenvalue weighted by Crippen LogP contribution is -2.01. The fourth-order valence-electron chi connectivity index (χ4n) is 1.36. The van der Waals surface area contributed by atoms with E-state index in [1.807, 2.05) is 6.92 Å². The van der Waals surface area contributed by atoms with Crippen molar-refractivity contribution in [3.8, 4) is 0 Å². The highest BCUT2D eigenvalue weighted by molar-refractivity contribution is 5.26. The van der Waals surface area contributed by atoms with Gasteiger partial charge in [-0.25, -0.2) is 4.39 Å². The van der Waals surface area contributed by atoms with Crippen LogP contribution in [0.4, 0.5) is 4.39 Å². The van der Waals surface area contributed by atoms with Gasteiger partial charge in [0.15, 0.2) is 0 Å². The molecule has 0 saturated carbocycles. The topological polar surface area (TPSA) is 20.2 Å². The van der Waals surface area contributed by atoms with Crippen molar-refractivity contribution < 1.29 is 9.50 Å². The van der Waals surface area contributed by atoms with Crippen LogP contribution in [0.15, 0.2) is 18.2 Å². The quantitative estimate of drug-likeness (QED) is 0.762. The molecule has 0 aliphatic rings. The number of halogens is 1. The van der Waals surface area contributed by atoms with E-state index in [0.717, 1.165) is 6.42 Å². The number of hydrogen-bond donors (Lipinski definition) is 1. The molecular weight excluding hydrogens is 167 g/mol. The number of benzene rings is 1. The molecule has 0 aliphatic heterocycles. The average molecular weight is 182 g/mol. The summed E-state index contributed by atoms with van der Waals surface area (Å²) in [6, 6.07) is 5.12. The molecule has 0 bridgehead atoms. The number of rotatable bonds is 3. The Morgan fingerprint density at radius 2 is 2.15 bits per heavy atom. The summed E-state index contributed by atoms with van der Waals surface area (Å²) in [7, 11) is 0. The van der Waals surface area contributed by atoms with Gasteiger partial charge in [-0.2, -0.15) is 0 Å². The Morgan fingerprint density at radius 1 is 1.46 bits per heavy atom. The maximum Gasteiger partial charge on any atom is 0.131 e. The van der Waals surface area contributed by atoms with Crippen LogP contribution < -0.4 is 0 Å². The molecule has 13 heavy (non-hydrogen) atoms. The van der Waals surface area contributed by atoms with Gasteiger partial charge in [0, 0.05) is 5.56 Å². The lowest BCUT2D eigenvalue weighted by molar-refractivity contribution is 0.161. The first-order chi connectivity index (χ1) is 6.16. The van der Waals surface area contributed by atoms with Crippen molar-refractivity contribution >= 4 is 0 Å². The van der Waals surface area contributed by atoms with Gasteiger partial charge >= 0.3 is 0 Å². The number of aliphatic hydroxyl groups is 1. The lowest BCUT2D eigenvalue weighted by Gasteiger charge is -2.11. The van der Waals surface area contributed by atoms with Gasteiger partial charge in [0.25, 0.3) is 0 Å². The van der Waals surface area contributed by atoms with Crippen LogP contribution in [0.5, 0.6) is 0 Å². The molecule has 1 aromatic carbocycles. The average Bonchev–Trinajstić information content (AvgIpc) is 2.10. The predicted molar refractivity (Wildman–Crippen MR) is 51.0 cm³/mol. The third kappa shape index (κ3) is 2.28. The molecule has 0 aliphatic carbocycles. The summed E-state index contributed by atoms with van der Waals surface area (Å²) in [5.41, 5.74) is 1.01. The number of aryl methyl sites for hydroxylation is 1. The summed E-state index contributed by atoms with van der Waals surface area (Å²) in [5.74, 6) is -0.275. The Bertz CT molecular complexity index is 283. The molecule has 0 radical (unpaired) electrons. The normalized spacial score (nSPS) is 12.9. The highest BCUT2D eigenvalue weighted by Crippen LogP contribution is 2.22. The minimum Gasteiger partial charge on any atom is -0.388 e. The Kier molecular flexibility index (Phi) is 3.43. The molecule has 1 rings (SSSR count). The zero-order chi connectivity index (χ0) is 9.84. The molecule has 1 aromatic rings. The van der Waals surface area contributed by atoms with Crippen molar-refractivity contribution in [1.29, 1.82) is 0 Å². The Morgan fingerprint density at radius 3 is 2.77 bits per heavy atom. The van der Waals surface area contributed by atoms with E-state index in [2.05, 4.69) is 0 Å². The zero-order valence-corrected chi connectivity index (χ0v) is 8.05. The van der Waals surface area contributed by atoms with Crippen molar-refractivity contribution in [2.45, 2.75) is 32.8 Å². The van der Waals surface area contributed by atoms with Gasteiger partial charge in [-0.1, -0.05) is 31.5 Å². The monoisotopic (exact) mass is 182 g/mol. The first kappa shape index (κ1) is 10.2. The van der Waals surface area contributed by atoms with Crippen LogP contribution in [0.3, 0.4) is 0 Å². The molecule has 0 aromatic heterocycles. The third-order valence-electron chi connectivity index (χ3n) is 2.14. The molecule has 1 N–H and O–H groups in total. The summed E-state index contributed by atoms with van der Waals surface area (Å²) < 4.78 is 13.4. The van der Waals surface area contributed by atoms with Crippen LogP contribution >= 0.6 is 0 Å². The van der Waals surface area contributed by atoms with Crippen LogP contribution in [0.25, 0.3) is 0 Å². The van der Waals surface area contributed by atoms with Gasteiger partial charge in [-0.15, -0.1) is 0 Å². The first-order valence-corrected chi connectivity index (χ1v) is 4.60. The standard InChI is InChI=1S/C11H15FO/c1-3-5-10(13)9-7-4-6-8(2)11(9)12/h4,6-7,10,13H,3,5H2,1-2H3/t10-/m1/s1. The van der Waals surface area contributed by atoms with E-state index in [9.17, 15) is 9.50 Å². The van der Waals surface area contributed by atoms with E-state index in [1.54, 1.807) is 25.1 Å². The van der Waals surface area contributed by atoms with Gasteiger partial charge in [-0.3, -0.25) is 0 Å². The van der Waals surface area contributed by atoms with Crippen molar-refractivity contribution in [2.24, 2.45) is 0 Å². The Balaban J connectivity index is 2.93. The van der Waals surface area contributed by atoms with E-state index < -0.39 is 6.10 Å². The van der Waals surface area contributed by atoms with Crippen LogP contribution in [0.2, 0.25) is 0 Å². The molecule has 1 atom stereocenters. The fraction of sp³-hybridized carbons (Fsp3) is 0.455. The van der Waals surface area contributed by atoms with Gasteiger partial charge in [0.2, 0.25) is 0 Å². The predicted octanol–water partition coefficient (Wildman–Crippen LogP) is 2.97. The second kappa shape index (κ2) is 4.38. The zero-order valence-electron chi connectivity index (χ0n) is 8.05. The van der Waals surface area contributed by atoms with Gasteiger partial charge < -0.3 is 5.11 Å². The summed E-state index contributed by atoms with van der Waals surface area (Å²) in [6.07, 6.45) is 0.805. The van der Waals surface area contributed by atoms with Gasteiger partial charge in [0.05, 0.1) is 6.10 Å². The summed E-state index contributed by atoms with van der Waals surface area (Å²) >= 11 is 0. The molecular formula is C11H15FO. The van der Waals surface area contributed by atoms with E-state index in [-0.39, 0.29) is 5.82 Å². The van der Waals surface area contributed by atoms with E-state index in [4.69, 9.17) is 0 Å². The SMILES string of the molecule is CCC[C@@H](O)c1cccc(C)c1F. The molecule has 0 heterocycles. The second-order valence-corrected chi connectivity index (χ2v) is 3.28. The minimum atomic E-state index is -0.662. The number of aliphatic hydroxyl groups excluding tert-OH is 1. The molecule has 0 unspecified atom stereocenters. The summed E-state index contributed by atoms with van der Waals surface area (Å²) in [6.45, 7) is 3.68. The summed E-state index contributed by atoms with van der Waals surface area (Å²) in [5, 5.41) is 9.59. The maximum absolute atomic E-state index is 13.4. The van der Waals surface area contributed by atoms with Gasteiger partial charge in [0.1, 0.15) is 5.82 Å². The highest BCUT2D eigenvalue weighted by atomic mass is 19.1. The molecule has 0 spiro atoms. The largest absolute Gasteiger partial charge is 0.388 e. The third-order valence-corrected chi connectivity index (χ3v) is 2.14. The van der Waals surface area contributed by atoms with Crippen LogP contribution in [0, 0.1) is 12.7 Å². The molecule has 1 nitrogen and oxygen atoms in total. The fourth-order valence-corrected chi connectivity index (χ4v) is 1.36. The Hall–Kier alpha value is -0.890. The summed E-state index contributed by atoms with van der Waals surface area (Å²) in [4.78, 5) is 0. The highest BCUT2D eigenvalue weighted by Gasteiger charge is 2.12.